The molecule has 0 saturated carbocycles. The number of hydrogen-bond acceptors (Lipinski definition) is 3. The van der Waals surface area contributed by atoms with E-state index >= 15 is 0 Å². The Balaban J connectivity index is 1.95. The topological polar surface area (TPSA) is 38.1 Å². The normalized spacial score (nSPS) is 13.7. The fraction of sp³-hybridized carbons (Fsp3) is 0.167. The van der Waals surface area contributed by atoms with Gasteiger partial charge in [-0.3, -0.25) is 10.3 Å². The number of halogens is 2. The van der Waals surface area contributed by atoms with E-state index in [0.717, 1.165) is 17.4 Å². The molecule has 0 spiro atoms. The molecule has 0 saturated heterocycles. The largest absolute Gasteiger partial charge is 0.468 e. The van der Waals surface area contributed by atoms with Crippen LogP contribution in [-0.2, 0) is 0 Å². The monoisotopic (exact) mass is 314 g/mol. The Morgan fingerprint density at radius 3 is 2.57 bits per heavy atom. The van der Waals surface area contributed by atoms with Crippen molar-refractivity contribution in [2.75, 3.05) is 0 Å². The first-order chi connectivity index (χ1) is 11.1. The Hall–Kier alpha value is -2.53. The Bertz CT molecular complexity index is 760. The molecule has 2 unspecified atom stereocenters. The maximum atomic E-state index is 13.6. The first kappa shape index (κ1) is 15.4. The van der Waals surface area contributed by atoms with Crippen LogP contribution in [0.15, 0.2) is 65.5 Å². The molecular weight excluding hydrogens is 298 g/mol. The molecule has 2 atom stereocenters. The molecule has 0 aliphatic carbocycles. The van der Waals surface area contributed by atoms with Gasteiger partial charge in [-0.05, 0) is 48.4 Å². The minimum Gasteiger partial charge on any atom is -0.468 e. The number of benzene rings is 1. The molecule has 1 N–H and O–H groups in total. The summed E-state index contributed by atoms with van der Waals surface area (Å²) in [5.74, 6) is -0.969. The fourth-order valence-corrected chi connectivity index (χ4v) is 2.49. The summed E-state index contributed by atoms with van der Waals surface area (Å²) in [6.07, 6.45) is 4.97. The van der Waals surface area contributed by atoms with E-state index in [9.17, 15) is 8.78 Å². The molecule has 0 fully saturated rings. The molecule has 1 aromatic carbocycles. The van der Waals surface area contributed by atoms with Crippen LogP contribution in [0.25, 0.3) is 0 Å². The predicted octanol–water partition coefficient (Wildman–Crippen LogP) is 4.39. The lowest BCUT2D eigenvalue weighted by Gasteiger charge is -2.23. The molecule has 2 aromatic heterocycles. The summed E-state index contributed by atoms with van der Waals surface area (Å²) in [6.45, 7) is 1.95. The van der Waals surface area contributed by atoms with Gasteiger partial charge < -0.3 is 4.42 Å². The second-order valence-corrected chi connectivity index (χ2v) is 5.30. The quantitative estimate of drug-likeness (QED) is 0.759. The van der Waals surface area contributed by atoms with E-state index in [1.165, 1.54) is 6.07 Å². The average molecular weight is 314 g/mol. The van der Waals surface area contributed by atoms with Gasteiger partial charge in [-0.1, -0.05) is 12.1 Å². The highest BCUT2D eigenvalue weighted by Gasteiger charge is 2.20. The first-order valence-corrected chi connectivity index (χ1v) is 7.29. The summed E-state index contributed by atoms with van der Waals surface area (Å²) in [4.78, 5) is 4.11. The standard InChI is InChI=1S/C18H16F2N2O/c1-12(17-5-3-9-23-17)22-18(14-4-2-8-21-11-14)13-6-7-15(19)16(20)10-13/h2-12,18,22H,1H3. The van der Waals surface area contributed by atoms with E-state index in [2.05, 4.69) is 10.3 Å². The van der Waals surface area contributed by atoms with Crippen LogP contribution in [0.4, 0.5) is 8.78 Å². The summed E-state index contributed by atoms with van der Waals surface area (Å²) >= 11 is 0. The summed E-state index contributed by atoms with van der Waals surface area (Å²) in [6, 6.07) is 10.8. The summed E-state index contributed by atoms with van der Waals surface area (Å²) in [5, 5.41) is 3.38. The highest BCUT2D eigenvalue weighted by Crippen LogP contribution is 2.26. The van der Waals surface area contributed by atoms with Crippen molar-refractivity contribution < 1.29 is 13.2 Å². The van der Waals surface area contributed by atoms with Crippen LogP contribution in [0.2, 0.25) is 0 Å². The number of nitrogens with one attached hydrogen (secondary N) is 1. The molecule has 2 heterocycles. The van der Waals surface area contributed by atoms with E-state index in [1.807, 2.05) is 25.1 Å². The molecule has 5 heteroatoms. The second-order valence-electron chi connectivity index (χ2n) is 5.30. The van der Waals surface area contributed by atoms with Gasteiger partial charge in [0.15, 0.2) is 11.6 Å². The number of furan rings is 1. The molecule has 0 bridgehead atoms. The minimum atomic E-state index is -0.871. The van der Waals surface area contributed by atoms with Crippen molar-refractivity contribution in [1.82, 2.24) is 10.3 Å². The Morgan fingerprint density at radius 2 is 1.91 bits per heavy atom. The average Bonchev–Trinajstić information content (AvgIpc) is 3.10. The first-order valence-electron chi connectivity index (χ1n) is 7.29. The molecule has 0 aliphatic rings. The lowest BCUT2D eigenvalue weighted by Crippen LogP contribution is -2.25. The van der Waals surface area contributed by atoms with Crippen molar-refractivity contribution in [2.24, 2.45) is 0 Å². The van der Waals surface area contributed by atoms with Gasteiger partial charge in [-0.15, -0.1) is 0 Å². The maximum Gasteiger partial charge on any atom is 0.159 e. The van der Waals surface area contributed by atoms with Crippen LogP contribution in [-0.4, -0.2) is 4.98 Å². The molecule has 118 valence electrons. The van der Waals surface area contributed by atoms with Crippen LogP contribution in [0.1, 0.15) is 35.9 Å². The third-order valence-electron chi connectivity index (χ3n) is 3.68. The zero-order valence-corrected chi connectivity index (χ0v) is 12.5. The van der Waals surface area contributed by atoms with E-state index in [1.54, 1.807) is 30.8 Å². The van der Waals surface area contributed by atoms with E-state index < -0.39 is 11.6 Å². The highest BCUT2D eigenvalue weighted by molar-refractivity contribution is 5.31. The molecule has 0 radical (unpaired) electrons. The second kappa shape index (κ2) is 6.71. The van der Waals surface area contributed by atoms with E-state index in [0.29, 0.717) is 5.56 Å². The van der Waals surface area contributed by atoms with Gasteiger partial charge in [0.05, 0.1) is 18.3 Å². The third-order valence-corrected chi connectivity index (χ3v) is 3.68. The van der Waals surface area contributed by atoms with Gasteiger partial charge >= 0.3 is 0 Å². The Kier molecular flexibility index (Phi) is 4.48. The molecule has 3 aromatic rings. The lowest BCUT2D eigenvalue weighted by molar-refractivity contribution is 0.410. The van der Waals surface area contributed by atoms with Crippen LogP contribution in [0.5, 0.6) is 0 Å². The number of rotatable bonds is 5. The fourth-order valence-electron chi connectivity index (χ4n) is 2.49. The van der Waals surface area contributed by atoms with Gasteiger partial charge in [0.25, 0.3) is 0 Å². The van der Waals surface area contributed by atoms with E-state index in [-0.39, 0.29) is 12.1 Å². The zero-order valence-electron chi connectivity index (χ0n) is 12.5. The summed E-state index contributed by atoms with van der Waals surface area (Å²) in [7, 11) is 0. The minimum absolute atomic E-state index is 0.108. The van der Waals surface area contributed by atoms with Crippen molar-refractivity contribution in [3.8, 4) is 0 Å². The number of pyridine rings is 1. The van der Waals surface area contributed by atoms with Crippen molar-refractivity contribution >= 4 is 0 Å². The van der Waals surface area contributed by atoms with Gasteiger partial charge in [0.2, 0.25) is 0 Å². The Labute approximate surface area is 133 Å². The molecule has 23 heavy (non-hydrogen) atoms. The molecule has 0 aliphatic heterocycles. The van der Waals surface area contributed by atoms with Gasteiger partial charge in [0, 0.05) is 12.4 Å². The van der Waals surface area contributed by atoms with Crippen molar-refractivity contribution in [3.05, 3.63) is 89.6 Å². The van der Waals surface area contributed by atoms with Crippen molar-refractivity contribution in [2.45, 2.75) is 19.0 Å². The predicted molar refractivity (Wildman–Crippen MR) is 82.7 cm³/mol. The van der Waals surface area contributed by atoms with Crippen LogP contribution in [0.3, 0.4) is 0 Å². The van der Waals surface area contributed by atoms with Gasteiger partial charge in [-0.25, -0.2) is 8.78 Å². The Morgan fingerprint density at radius 1 is 1.04 bits per heavy atom. The van der Waals surface area contributed by atoms with E-state index in [4.69, 9.17) is 4.42 Å². The van der Waals surface area contributed by atoms with Crippen LogP contribution in [0, 0.1) is 11.6 Å². The number of nitrogens with zero attached hydrogens (tertiary/aromatic N) is 1. The zero-order chi connectivity index (χ0) is 16.2. The SMILES string of the molecule is CC(NC(c1cccnc1)c1ccc(F)c(F)c1)c1ccco1. The smallest absolute Gasteiger partial charge is 0.159 e. The lowest BCUT2D eigenvalue weighted by atomic mass is 9.98. The third kappa shape index (κ3) is 3.46. The highest BCUT2D eigenvalue weighted by atomic mass is 19.2. The summed E-state index contributed by atoms with van der Waals surface area (Å²) < 4.78 is 32.3. The van der Waals surface area contributed by atoms with Gasteiger partial charge in [-0.2, -0.15) is 0 Å². The van der Waals surface area contributed by atoms with Crippen LogP contribution < -0.4 is 5.32 Å². The van der Waals surface area contributed by atoms with Crippen LogP contribution >= 0.6 is 0 Å². The molecule has 3 rings (SSSR count). The number of aromatic nitrogens is 1. The van der Waals surface area contributed by atoms with Gasteiger partial charge in [0.1, 0.15) is 5.76 Å². The molecular formula is C18H16F2N2O. The summed E-state index contributed by atoms with van der Waals surface area (Å²) in [5.41, 5.74) is 1.48. The maximum absolute atomic E-state index is 13.6. The van der Waals surface area contributed by atoms with Crippen molar-refractivity contribution in [3.63, 3.8) is 0 Å². The number of hydrogen-bond donors (Lipinski definition) is 1. The van der Waals surface area contributed by atoms with Crippen molar-refractivity contribution in [1.29, 1.82) is 0 Å². The molecule has 0 amide bonds. The molecule has 3 nitrogen and oxygen atoms in total.